The molecule has 0 aliphatic heterocycles. The molecule has 0 saturated heterocycles. The van der Waals surface area contributed by atoms with Crippen LogP contribution in [-0.4, -0.2) is 21.1 Å². The SMILES string of the molecule is CCNc1ncccc1Oc1ccc2c(c1)nc(Nc1ccc(Br)cc1)n2C. The number of aryl methyl sites for hydroxylation is 1. The number of nitrogens with one attached hydrogen (secondary N) is 2. The molecule has 0 amide bonds. The molecule has 142 valence electrons. The molecule has 0 spiro atoms. The third-order valence-electron chi connectivity index (χ3n) is 4.30. The van der Waals surface area contributed by atoms with Gasteiger partial charge < -0.3 is 19.9 Å². The normalized spacial score (nSPS) is 10.8. The van der Waals surface area contributed by atoms with Crippen LogP contribution in [0.1, 0.15) is 6.92 Å². The average Bonchev–Trinajstić information content (AvgIpc) is 3.00. The highest BCUT2D eigenvalue weighted by atomic mass is 79.9. The summed E-state index contributed by atoms with van der Waals surface area (Å²) in [5.41, 5.74) is 2.85. The van der Waals surface area contributed by atoms with Crippen LogP contribution in [0.3, 0.4) is 0 Å². The van der Waals surface area contributed by atoms with Gasteiger partial charge in [-0.1, -0.05) is 15.9 Å². The van der Waals surface area contributed by atoms with Gasteiger partial charge in [-0.15, -0.1) is 0 Å². The molecule has 2 N–H and O–H groups in total. The first kappa shape index (κ1) is 18.3. The van der Waals surface area contributed by atoms with E-state index < -0.39 is 0 Å². The molecule has 4 aromatic rings. The zero-order valence-electron chi connectivity index (χ0n) is 15.6. The van der Waals surface area contributed by atoms with E-state index in [4.69, 9.17) is 9.72 Å². The number of nitrogens with zero attached hydrogens (tertiary/aromatic N) is 3. The van der Waals surface area contributed by atoms with Gasteiger partial charge in [0.15, 0.2) is 11.6 Å². The van der Waals surface area contributed by atoms with Crippen molar-refractivity contribution in [2.75, 3.05) is 17.2 Å². The van der Waals surface area contributed by atoms with Crippen LogP contribution < -0.4 is 15.4 Å². The fraction of sp³-hybridized carbons (Fsp3) is 0.143. The van der Waals surface area contributed by atoms with E-state index in [0.717, 1.165) is 39.5 Å². The summed E-state index contributed by atoms with van der Waals surface area (Å²) in [4.78, 5) is 9.05. The lowest BCUT2D eigenvalue weighted by Gasteiger charge is -2.10. The first-order chi connectivity index (χ1) is 13.6. The van der Waals surface area contributed by atoms with Gasteiger partial charge in [-0.05, 0) is 55.5 Å². The van der Waals surface area contributed by atoms with Crippen molar-refractivity contribution in [3.63, 3.8) is 0 Å². The standard InChI is InChI=1S/C21H20BrN5O/c1-3-23-20-19(5-4-12-24-20)28-16-10-11-18-17(13-16)26-21(27(18)2)25-15-8-6-14(22)7-9-15/h4-13H,3H2,1-2H3,(H,23,24)(H,25,26). The van der Waals surface area contributed by atoms with Gasteiger partial charge in [-0.2, -0.15) is 0 Å². The van der Waals surface area contributed by atoms with Crippen LogP contribution in [0.2, 0.25) is 0 Å². The van der Waals surface area contributed by atoms with Gasteiger partial charge in [0.2, 0.25) is 5.95 Å². The van der Waals surface area contributed by atoms with E-state index in [2.05, 4.69) is 31.5 Å². The van der Waals surface area contributed by atoms with Gasteiger partial charge in [0.25, 0.3) is 0 Å². The van der Waals surface area contributed by atoms with Gasteiger partial charge in [-0.3, -0.25) is 0 Å². The molecule has 2 aromatic heterocycles. The third-order valence-corrected chi connectivity index (χ3v) is 4.82. The molecule has 6 nitrogen and oxygen atoms in total. The van der Waals surface area contributed by atoms with Crippen molar-refractivity contribution in [2.24, 2.45) is 7.05 Å². The number of imidazole rings is 1. The Morgan fingerprint density at radius 1 is 1.11 bits per heavy atom. The Kier molecular flexibility index (Phi) is 5.16. The highest BCUT2D eigenvalue weighted by molar-refractivity contribution is 9.10. The number of hydrogen-bond acceptors (Lipinski definition) is 5. The molecular weight excluding hydrogens is 418 g/mol. The lowest BCUT2D eigenvalue weighted by atomic mass is 10.3. The molecule has 4 rings (SSSR count). The first-order valence-electron chi connectivity index (χ1n) is 9.00. The van der Waals surface area contributed by atoms with E-state index in [9.17, 15) is 0 Å². The van der Waals surface area contributed by atoms with Gasteiger partial charge in [0, 0.05) is 36.0 Å². The van der Waals surface area contributed by atoms with Crippen LogP contribution >= 0.6 is 15.9 Å². The van der Waals surface area contributed by atoms with E-state index in [0.29, 0.717) is 11.5 Å². The molecule has 0 aliphatic rings. The van der Waals surface area contributed by atoms with E-state index >= 15 is 0 Å². The number of halogens is 1. The molecule has 28 heavy (non-hydrogen) atoms. The molecule has 2 aromatic carbocycles. The highest BCUT2D eigenvalue weighted by Gasteiger charge is 2.11. The van der Waals surface area contributed by atoms with Crippen molar-refractivity contribution in [2.45, 2.75) is 6.92 Å². The van der Waals surface area contributed by atoms with Crippen molar-refractivity contribution < 1.29 is 4.74 Å². The Labute approximate surface area is 171 Å². The van der Waals surface area contributed by atoms with Gasteiger partial charge in [0.1, 0.15) is 5.75 Å². The zero-order chi connectivity index (χ0) is 19.5. The van der Waals surface area contributed by atoms with Crippen LogP contribution in [0.4, 0.5) is 17.5 Å². The second-order valence-corrected chi connectivity index (χ2v) is 7.18. The second kappa shape index (κ2) is 7.90. The molecule has 7 heteroatoms. The molecule has 0 unspecified atom stereocenters. The fourth-order valence-corrected chi connectivity index (χ4v) is 3.18. The Morgan fingerprint density at radius 2 is 1.93 bits per heavy atom. The van der Waals surface area contributed by atoms with Crippen molar-refractivity contribution in [1.82, 2.24) is 14.5 Å². The van der Waals surface area contributed by atoms with Crippen LogP contribution in [0, 0.1) is 0 Å². The largest absolute Gasteiger partial charge is 0.453 e. The predicted molar refractivity (Wildman–Crippen MR) is 117 cm³/mol. The summed E-state index contributed by atoms with van der Waals surface area (Å²) in [6.07, 6.45) is 1.74. The minimum Gasteiger partial charge on any atom is -0.453 e. The van der Waals surface area contributed by atoms with Crippen molar-refractivity contribution >= 4 is 44.4 Å². The molecule has 0 aliphatic carbocycles. The Bertz CT molecular complexity index is 1110. The molecule has 0 bridgehead atoms. The van der Waals surface area contributed by atoms with E-state index in [-0.39, 0.29) is 0 Å². The van der Waals surface area contributed by atoms with Crippen molar-refractivity contribution in [3.05, 3.63) is 65.3 Å². The fourth-order valence-electron chi connectivity index (χ4n) is 2.92. The van der Waals surface area contributed by atoms with Gasteiger partial charge in [0.05, 0.1) is 11.0 Å². The van der Waals surface area contributed by atoms with Crippen LogP contribution in [0.5, 0.6) is 11.5 Å². The lowest BCUT2D eigenvalue weighted by molar-refractivity contribution is 0.483. The van der Waals surface area contributed by atoms with Crippen molar-refractivity contribution in [3.8, 4) is 11.5 Å². The zero-order valence-corrected chi connectivity index (χ0v) is 17.2. The number of fused-ring (bicyclic) bond motifs is 1. The van der Waals surface area contributed by atoms with Crippen molar-refractivity contribution in [1.29, 1.82) is 0 Å². The Morgan fingerprint density at radius 3 is 2.71 bits per heavy atom. The van der Waals surface area contributed by atoms with Gasteiger partial charge in [-0.25, -0.2) is 9.97 Å². The first-order valence-corrected chi connectivity index (χ1v) is 9.79. The summed E-state index contributed by atoms with van der Waals surface area (Å²) in [5, 5.41) is 6.56. The maximum absolute atomic E-state index is 6.05. The second-order valence-electron chi connectivity index (χ2n) is 6.26. The summed E-state index contributed by atoms with van der Waals surface area (Å²) in [6, 6.07) is 17.6. The van der Waals surface area contributed by atoms with Crippen LogP contribution in [-0.2, 0) is 7.05 Å². The smallest absolute Gasteiger partial charge is 0.208 e. The number of pyridine rings is 1. The Balaban J connectivity index is 1.62. The highest BCUT2D eigenvalue weighted by Crippen LogP contribution is 2.30. The molecule has 2 heterocycles. The molecule has 0 saturated carbocycles. The number of ether oxygens (including phenoxy) is 1. The summed E-state index contributed by atoms with van der Waals surface area (Å²) >= 11 is 3.45. The molecular formula is C21H20BrN5O. The summed E-state index contributed by atoms with van der Waals surface area (Å²) in [5.74, 6) is 2.90. The number of aromatic nitrogens is 3. The molecule has 0 radical (unpaired) electrons. The maximum Gasteiger partial charge on any atom is 0.208 e. The topological polar surface area (TPSA) is 64.0 Å². The molecule has 0 fully saturated rings. The van der Waals surface area contributed by atoms with Gasteiger partial charge >= 0.3 is 0 Å². The van der Waals surface area contributed by atoms with Crippen LogP contribution in [0.15, 0.2) is 65.3 Å². The minimum absolute atomic E-state index is 0.688. The van der Waals surface area contributed by atoms with E-state index in [1.54, 1.807) is 6.20 Å². The third kappa shape index (κ3) is 3.80. The van der Waals surface area contributed by atoms with E-state index in [1.165, 1.54) is 0 Å². The maximum atomic E-state index is 6.05. The lowest BCUT2D eigenvalue weighted by Crippen LogP contribution is -2.01. The van der Waals surface area contributed by atoms with E-state index in [1.807, 2.05) is 73.1 Å². The number of benzene rings is 2. The number of anilines is 3. The summed E-state index contributed by atoms with van der Waals surface area (Å²) < 4.78 is 9.11. The summed E-state index contributed by atoms with van der Waals surface area (Å²) in [6.45, 7) is 2.80. The summed E-state index contributed by atoms with van der Waals surface area (Å²) in [7, 11) is 1.99. The molecule has 0 atom stereocenters. The van der Waals surface area contributed by atoms with Crippen LogP contribution in [0.25, 0.3) is 11.0 Å². The average molecular weight is 438 g/mol. The predicted octanol–water partition coefficient (Wildman–Crippen LogP) is 5.70. The quantitative estimate of drug-likeness (QED) is 0.405. The number of rotatable bonds is 6. The minimum atomic E-state index is 0.688. The monoisotopic (exact) mass is 437 g/mol. The Hall–Kier alpha value is -3.06. The number of hydrogen-bond donors (Lipinski definition) is 2.